The third kappa shape index (κ3) is 2.99. The highest BCUT2D eigenvalue weighted by Gasteiger charge is 2.13. The van der Waals surface area contributed by atoms with Gasteiger partial charge in [0.15, 0.2) is 11.0 Å². The summed E-state index contributed by atoms with van der Waals surface area (Å²) in [6.45, 7) is 4.61. The molecule has 100 valence electrons. The van der Waals surface area contributed by atoms with Gasteiger partial charge in [0, 0.05) is 18.6 Å². The molecule has 0 spiro atoms. The summed E-state index contributed by atoms with van der Waals surface area (Å²) in [5.74, 6) is 0.821. The van der Waals surface area contributed by atoms with Crippen molar-refractivity contribution >= 4 is 29.0 Å². The van der Waals surface area contributed by atoms with Gasteiger partial charge in [-0.2, -0.15) is 0 Å². The summed E-state index contributed by atoms with van der Waals surface area (Å²) < 4.78 is 0. The third-order valence-corrected chi connectivity index (χ3v) is 3.89. The highest BCUT2D eigenvalue weighted by atomic mass is 35.5. The first-order chi connectivity index (χ1) is 9.00. The monoisotopic (exact) mass is 295 g/mol. The second-order valence-electron chi connectivity index (χ2n) is 4.51. The van der Waals surface area contributed by atoms with Crippen molar-refractivity contribution in [2.24, 2.45) is 0 Å². The van der Waals surface area contributed by atoms with Crippen molar-refractivity contribution < 1.29 is 0 Å². The molecular weight excluding hydrogens is 281 g/mol. The Bertz CT molecular complexity index is 599. The van der Waals surface area contributed by atoms with Crippen LogP contribution in [-0.2, 0) is 6.54 Å². The molecule has 0 saturated heterocycles. The van der Waals surface area contributed by atoms with Gasteiger partial charge in [-0.1, -0.05) is 41.4 Å². The average molecular weight is 296 g/mol. The fourth-order valence-corrected chi connectivity index (χ4v) is 2.26. The lowest BCUT2D eigenvalue weighted by Crippen LogP contribution is -2.20. The quantitative estimate of drug-likeness (QED) is 0.856. The summed E-state index contributed by atoms with van der Waals surface area (Å²) in [4.78, 5) is 2.02. The molecule has 0 aliphatic carbocycles. The highest BCUT2D eigenvalue weighted by molar-refractivity contribution is 6.31. The standard InChI is InChI=1S/C14H15Cl2N3/c1-9-10(2)14(18-17-13(9)16)19(3)8-11-6-4-5-7-12(11)15/h4-7H,8H2,1-3H3. The summed E-state index contributed by atoms with van der Waals surface area (Å²) in [5, 5.41) is 9.34. The zero-order valence-electron chi connectivity index (χ0n) is 11.1. The minimum absolute atomic E-state index is 0.451. The molecule has 0 N–H and O–H groups in total. The fraction of sp³-hybridized carbons (Fsp3) is 0.286. The number of hydrogen-bond donors (Lipinski definition) is 0. The summed E-state index contributed by atoms with van der Waals surface area (Å²) in [6.07, 6.45) is 0. The van der Waals surface area contributed by atoms with Crippen molar-refractivity contribution in [1.29, 1.82) is 0 Å². The van der Waals surface area contributed by atoms with E-state index in [1.54, 1.807) is 0 Å². The number of anilines is 1. The molecule has 1 heterocycles. The molecular formula is C14H15Cl2N3. The normalized spacial score (nSPS) is 10.6. The molecule has 1 aromatic heterocycles. The van der Waals surface area contributed by atoms with Gasteiger partial charge in [0.1, 0.15) is 0 Å². The van der Waals surface area contributed by atoms with Gasteiger partial charge in [-0.25, -0.2) is 0 Å². The molecule has 19 heavy (non-hydrogen) atoms. The fourth-order valence-electron chi connectivity index (χ4n) is 1.88. The Hall–Kier alpha value is -1.32. The van der Waals surface area contributed by atoms with E-state index in [1.165, 1.54) is 0 Å². The minimum atomic E-state index is 0.451. The van der Waals surface area contributed by atoms with Crippen LogP contribution >= 0.6 is 23.2 Å². The molecule has 0 amide bonds. The lowest BCUT2D eigenvalue weighted by atomic mass is 10.1. The van der Waals surface area contributed by atoms with Gasteiger partial charge in [-0.3, -0.25) is 0 Å². The maximum atomic E-state index is 6.17. The van der Waals surface area contributed by atoms with Gasteiger partial charge in [0.2, 0.25) is 0 Å². The molecule has 0 unspecified atom stereocenters. The van der Waals surface area contributed by atoms with E-state index < -0.39 is 0 Å². The van der Waals surface area contributed by atoms with Crippen LogP contribution in [0.1, 0.15) is 16.7 Å². The zero-order valence-corrected chi connectivity index (χ0v) is 12.6. The maximum Gasteiger partial charge on any atom is 0.155 e. The number of rotatable bonds is 3. The molecule has 3 nitrogen and oxygen atoms in total. The Balaban J connectivity index is 2.28. The van der Waals surface area contributed by atoms with E-state index in [9.17, 15) is 0 Å². The number of nitrogens with zero attached hydrogens (tertiary/aromatic N) is 3. The van der Waals surface area contributed by atoms with Crippen molar-refractivity contribution in [3.63, 3.8) is 0 Å². The number of benzene rings is 1. The molecule has 0 aliphatic heterocycles. The SMILES string of the molecule is Cc1c(Cl)nnc(N(C)Cc2ccccc2Cl)c1C. The topological polar surface area (TPSA) is 29.0 Å². The van der Waals surface area contributed by atoms with Crippen molar-refractivity contribution in [2.75, 3.05) is 11.9 Å². The van der Waals surface area contributed by atoms with Crippen LogP contribution in [0, 0.1) is 13.8 Å². The van der Waals surface area contributed by atoms with E-state index in [2.05, 4.69) is 10.2 Å². The number of halogens is 2. The second-order valence-corrected chi connectivity index (χ2v) is 5.28. The summed E-state index contributed by atoms with van der Waals surface area (Å²) in [5.41, 5.74) is 3.05. The zero-order chi connectivity index (χ0) is 14.0. The summed E-state index contributed by atoms with van der Waals surface area (Å²) in [7, 11) is 1.97. The highest BCUT2D eigenvalue weighted by Crippen LogP contribution is 2.25. The van der Waals surface area contributed by atoms with Crippen LogP contribution in [-0.4, -0.2) is 17.2 Å². The Morgan fingerprint density at radius 1 is 1.05 bits per heavy atom. The van der Waals surface area contributed by atoms with E-state index in [1.807, 2.05) is 50.1 Å². The molecule has 2 rings (SSSR count). The van der Waals surface area contributed by atoms with E-state index in [0.29, 0.717) is 11.7 Å². The van der Waals surface area contributed by atoms with Gasteiger partial charge >= 0.3 is 0 Å². The first-order valence-electron chi connectivity index (χ1n) is 5.94. The van der Waals surface area contributed by atoms with Gasteiger partial charge in [0.25, 0.3) is 0 Å². The largest absolute Gasteiger partial charge is 0.354 e. The van der Waals surface area contributed by atoms with Crippen molar-refractivity contribution in [1.82, 2.24) is 10.2 Å². The first kappa shape index (κ1) is 14.1. The summed E-state index contributed by atoms with van der Waals surface area (Å²) in [6, 6.07) is 7.78. The minimum Gasteiger partial charge on any atom is -0.354 e. The second kappa shape index (κ2) is 5.76. The molecule has 0 radical (unpaired) electrons. The van der Waals surface area contributed by atoms with Crippen molar-refractivity contribution in [3.05, 3.63) is 51.1 Å². The van der Waals surface area contributed by atoms with Crippen LogP contribution in [0.3, 0.4) is 0 Å². The van der Waals surface area contributed by atoms with E-state index in [0.717, 1.165) is 27.5 Å². The maximum absolute atomic E-state index is 6.17. The number of aromatic nitrogens is 2. The van der Waals surface area contributed by atoms with Gasteiger partial charge in [0.05, 0.1) is 0 Å². The molecule has 0 fully saturated rings. The molecule has 0 atom stereocenters. The van der Waals surface area contributed by atoms with E-state index in [-0.39, 0.29) is 0 Å². The van der Waals surface area contributed by atoms with Crippen molar-refractivity contribution in [2.45, 2.75) is 20.4 Å². The predicted molar refractivity (Wildman–Crippen MR) is 80.1 cm³/mol. The van der Waals surface area contributed by atoms with Crippen LogP contribution in [0.15, 0.2) is 24.3 Å². The van der Waals surface area contributed by atoms with Crippen LogP contribution in [0.5, 0.6) is 0 Å². The van der Waals surface area contributed by atoms with Crippen LogP contribution in [0.25, 0.3) is 0 Å². The van der Waals surface area contributed by atoms with Crippen molar-refractivity contribution in [3.8, 4) is 0 Å². The Morgan fingerprint density at radius 3 is 2.42 bits per heavy atom. The smallest absolute Gasteiger partial charge is 0.155 e. The van der Waals surface area contributed by atoms with E-state index in [4.69, 9.17) is 23.2 Å². The van der Waals surface area contributed by atoms with Crippen LogP contribution < -0.4 is 4.90 Å². The summed E-state index contributed by atoms with van der Waals surface area (Å²) >= 11 is 12.1. The molecule has 2 aromatic rings. The first-order valence-corrected chi connectivity index (χ1v) is 6.70. The van der Waals surface area contributed by atoms with Gasteiger partial charge in [-0.05, 0) is 36.6 Å². The third-order valence-electron chi connectivity index (χ3n) is 3.17. The average Bonchev–Trinajstić information content (AvgIpc) is 2.39. The Kier molecular flexibility index (Phi) is 4.27. The van der Waals surface area contributed by atoms with Gasteiger partial charge < -0.3 is 4.90 Å². The lowest BCUT2D eigenvalue weighted by Gasteiger charge is -2.21. The van der Waals surface area contributed by atoms with Crippen LogP contribution in [0.2, 0.25) is 10.2 Å². The lowest BCUT2D eigenvalue weighted by molar-refractivity contribution is 0.853. The number of hydrogen-bond acceptors (Lipinski definition) is 3. The molecule has 5 heteroatoms. The molecule has 0 saturated carbocycles. The Labute approximate surface area is 123 Å². The Morgan fingerprint density at radius 2 is 1.74 bits per heavy atom. The van der Waals surface area contributed by atoms with E-state index >= 15 is 0 Å². The molecule has 0 bridgehead atoms. The molecule has 1 aromatic carbocycles. The van der Waals surface area contributed by atoms with Gasteiger partial charge in [-0.15, -0.1) is 10.2 Å². The molecule has 0 aliphatic rings. The van der Waals surface area contributed by atoms with Crippen LogP contribution in [0.4, 0.5) is 5.82 Å². The predicted octanol–water partition coefficient (Wildman–Crippen LogP) is 4.04.